The van der Waals surface area contributed by atoms with Crippen LogP contribution in [0.5, 0.6) is 0 Å². The van der Waals surface area contributed by atoms with E-state index in [2.05, 4.69) is 33.0 Å². The largest absolute Gasteiger partial charge is 0.381 e. The molecule has 98 valence electrons. The smallest absolute Gasteiger partial charge is 0.0466 e. The van der Waals surface area contributed by atoms with Crippen LogP contribution in [0.25, 0.3) is 0 Å². The molecular weight excluding hydrogens is 198 g/mol. The fourth-order valence-corrected chi connectivity index (χ4v) is 1.53. The van der Waals surface area contributed by atoms with E-state index in [-0.39, 0.29) is 5.54 Å². The van der Waals surface area contributed by atoms with E-state index in [1.165, 1.54) is 38.5 Å². The molecule has 0 saturated carbocycles. The summed E-state index contributed by atoms with van der Waals surface area (Å²) in [7, 11) is 0. The van der Waals surface area contributed by atoms with Crippen molar-refractivity contribution in [2.75, 3.05) is 19.8 Å². The number of unbranched alkanes of at least 4 members (excludes halogenated alkanes) is 4. The highest BCUT2D eigenvalue weighted by atomic mass is 16.5. The predicted molar refractivity (Wildman–Crippen MR) is 72.0 cm³/mol. The second-order valence-electron chi connectivity index (χ2n) is 5.56. The number of hydrogen-bond acceptors (Lipinski definition) is 2. The Morgan fingerprint density at radius 3 is 2.06 bits per heavy atom. The molecule has 2 nitrogen and oxygen atoms in total. The number of rotatable bonds is 10. The van der Waals surface area contributed by atoms with Gasteiger partial charge in [0.15, 0.2) is 0 Å². The van der Waals surface area contributed by atoms with Gasteiger partial charge in [0.1, 0.15) is 0 Å². The lowest BCUT2D eigenvalue weighted by Crippen LogP contribution is -2.36. The highest BCUT2D eigenvalue weighted by Crippen LogP contribution is 2.01. The molecule has 1 N–H and O–H groups in total. The van der Waals surface area contributed by atoms with Gasteiger partial charge < -0.3 is 10.1 Å². The summed E-state index contributed by atoms with van der Waals surface area (Å²) >= 11 is 0. The molecule has 0 aliphatic carbocycles. The minimum absolute atomic E-state index is 0.251. The standard InChI is InChI=1S/C14H31NO/c1-5-6-7-9-12-16-13-10-8-11-15-14(2,3)4/h15H,5-13H2,1-4H3. The Labute approximate surface area is 102 Å². The maximum atomic E-state index is 5.58. The molecule has 0 amide bonds. The highest BCUT2D eigenvalue weighted by Gasteiger charge is 2.06. The van der Waals surface area contributed by atoms with Crippen molar-refractivity contribution < 1.29 is 4.74 Å². The third-order valence-corrected chi connectivity index (χ3v) is 2.51. The minimum atomic E-state index is 0.251. The summed E-state index contributed by atoms with van der Waals surface area (Å²) < 4.78 is 5.58. The van der Waals surface area contributed by atoms with Gasteiger partial charge in [-0.25, -0.2) is 0 Å². The molecule has 0 unspecified atom stereocenters. The van der Waals surface area contributed by atoms with Crippen LogP contribution in [-0.2, 0) is 4.74 Å². The zero-order valence-electron chi connectivity index (χ0n) is 11.8. The Balaban J connectivity index is 2.99. The molecule has 0 radical (unpaired) electrons. The minimum Gasteiger partial charge on any atom is -0.381 e. The molecule has 0 aromatic carbocycles. The maximum Gasteiger partial charge on any atom is 0.0466 e. The van der Waals surface area contributed by atoms with Crippen molar-refractivity contribution in [1.82, 2.24) is 5.32 Å². The normalized spacial score (nSPS) is 12.0. The third kappa shape index (κ3) is 13.9. The predicted octanol–water partition coefficient (Wildman–Crippen LogP) is 3.75. The SMILES string of the molecule is CCCCCCOCCCCNC(C)(C)C. The van der Waals surface area contributed by atoms with Gasteiger partial charge in [-0.2, -0.15) is 0 Å². The van der Waals surface area contributed by atoms with Gasteiger partial charge in [0.2, 0.25) is 0 Å². The number of ether oxygens (including phenoxy) is 1. The molecular formula is C14H31NO. The van der Waals surface area contributed by atoms with Gasteiger partial charge in [-0.1, -0.05) is 26.2 Å². The lowest BCUT2D eigenvalue weighted by molar-refractivity contribution is 0.126. The van der Waals surface area contributed by atoms with E-state index in [1.54, 1.807) is 0 Å². The van der Waals surface area contributed by atoms with Crippen molar-refractivity contribution >= 4 is 0 Å². The van der Waals surface area contributed by atoms with Crippen LogP contribution in [0.2, 0.25) is 0 Å². The van der Waals surface area contributed by atoms with E-state index in [4.69, 9.17) is 4.74 Å². The Hall–Kier alpha value is -0.0800. The van der Waals surface area contributed by atoms with Crippen LogP contribution in [0, 0.1) is 0 Å². The van der Waals surface area contributed by atoms with Crippen LogP contribution in [0.3, 0.4) is 0 Å². The van der Waals surface area contributed by atoms with E-state index in [9.17, 15) is 0 Å². The molecule has 0 saturated heterocycles. The van der Waals surface area contributed by atoms with Crippen LogP contribution in [-0.4, -0.2) is 25.3 Å². The Morgan fingerprint density at radius 1 is 0.875 bits per heavy atom. The first-order valence-corrected chi connectivity index (χ1v) is 6.89. The van der Waals surface area contributed by atoms with Crippen molar-refractivity contribution in [3.05, 3.63) is 0 Å². The molecule has 0 aromatic rings. The first-order chi connectivity index (χ1) is 7.56. The zero-order valence-corrected chi connectivity index (χ0v) is 11.8. The average Bonchev–Trinajstić information content (AvgIpc) is 2.19. The summed E-state index contributed by atoms with van der Waals surface area (Å²) in [6.45, 7) is 11.8. The van der Waals surface area contributed by atoms with Gasteiger partial charge in [0.05, 0.1) is 0 Å². The molecule has 0 fully saturated rings. The van der Waals surface area contributed by atoms with Gasteiger partial charge in [0.25, 0.3) is 0 Å². The van der Waals surface area contributed by atoms with Crippen molar-refractivity contribution in [3.8, 4) is 0 Å². The van der Waals surface area contributed by atoms with Gasteiger partial charge in [0, 0.05) is 18.8 Å². The Bertz CT molecular complexity index is 140. The molecule has 0 rings (SSSR count). The van der Waals surface area contributed by atoms with E-state index in [0.29, 0.717) is 0 Å². The second-order valence-corrected chi connectivity index (χ2v) is 5.56. The van der Waals surface area contributed by atoms with E-state index >= 15 is 0 Å². The van der Waals surface area contributed by atoms with E-state index < -0.39 is 0 Å². The van der Waals surface area contributed by atoms with Gasteiger partial charge >= 0.3 is 0 Å². The summed E-state index contributed by atoms with van der Waals surface area (Å²) in [6, 6.07) is 0. The molecule has 0 atom stereocenters. The van der Waals surface area contributed by atoms with Crippen molar-refractivity contribution in [3.63, 3.8) is 0 Å². The highest BCUT2D eigenvalue weighted by molar-refractivity contribution is 4.69. The van der Waals surface area contributed by atoms with Gasteiger partial charge in [-0.05, 0) is 46.6 Å². The molecule has 0 aliphatic rings. The van der Waals surface area contributed by atoms with Crippen molar-refractivity contribution in [2.24, 2.45) is 0 Å². The molecule has 2 heteroatoms. The van der Waals surface area contributed by atoms with E-state index in [0.717, 1.165) is 19.8 Å². The van der Waals surface area contributed by atoms with Gasteiger partial charge in [-0.15, -0.1) is 0 Å². The summed E-state index contributed by atoms with van der Waals surface area (Å²) in [5, 5.41) is 3.49. The van der Waals surface area contributed by atoms with Crippen LogP contribution in [0.15, 0.2) is 0 Å². The number of hydrogen-bond donors (Lipinski definition) is 1. The lowest BCUT2D eigenvalue weighted by atomic mass is 10.1. The van der Waals surface area contributed by atoms with Crippen LogP contribution >= 0.6 is 0 Å². The lowest BCUT2D eigenvalue weighted by Gasteiger charge is -2.20. The van der Waals surface area contributed by atoms with Gasteiger partial charge in [-0.3, -0.25) is 0 Å². The molecule has 0 bridgehead atoms. The fraction of sp³-hybridized carbons (Fsp3) is 1.00. The maximum absolute atomic E-state index is 5.58. The topological polar surface area (TPSA) is 21.3 Å². The Kier molecular flexibility index (Phi) is 10.0. The fourth-order valence-electron chi connectivity index (χ4n) is 1.53. The molecule has 16 heavy (non-hydrogen) atoms. The van der Waals surface area contributed by atoms with Crippen LogP contribution in [0.4, 0.5) is 0 Å². The van der Waals surface area contributed by atoms with Crippen molar-refractivity contribution in [2.45, 2.75) is 71.8 Å². The first kappa shape index (κ1) is 15.9. The molecule has 0 aliphatic heterocycles. The second kappa shape index (κ2) is 10.1. The summed E-state index contributed by atoms with van der Waals surface area (Å²) in [6.07, 6.45) is 7.59. The zero-order chi connectivity index (χ0) is 12.3. The average molecular weight is 229 g/mol. The summed E-state index contributed by atoms with van der Waals surface area (Å²) in [5.74, 6) is 0. The van der Waals surface area contributed by atoms with Crippen LogP contribution in [0.1, 0.15) is 66.2 Å². The summed E-state index contributed by atoms with van der Waals surface area (Å²) in [4.78, 5) is 0. The Morgan fingerprint density at radius 2 is 1.50 bits per heavy atom. The van der Waals surface area contributed by atoms with E-state index in [1.807, 2.05) is 0 Å². The molecule has 0 aromatic heterocycles. The van der Waals surface area contributed by atoms with Crippen LogP contribution < -0.4 is 5.32 Å². The number of nitrogens with one attached hydrogen (secondary N) is 1. The third-order valence-electron chi connectivity index (χ3n) is 2.51. The van der Waals surface area contributed by atoms with Crippen molar-refractivity contribution in [1.29, 1.82) is 0 Å². The first-order valence-electron chi connectivity index (χ1n) is 6.89. The summed E-state index contributed by atoms with van der Waals surface area (Å²) in [5.41, 5.74) is 0.251. The quantitative estimate of drug-likeness (QED) is 0.576. The monoisotopic (exact) mass is 229 g/mol. The molecule has 0 heterocycles. The molecule has 0 spiro atoms.